The van der Waals surface area contributed by atoms with Gasteiger partial charge in [-0.15, -0.1) is 0 Å². The number of benzene rings is 1. The molecule has 3 rings (SSSR count). The summed E-state index contributed by atoms with van der Waals surface area (Å²) in [5.74, 6) is 2.01. The van der Waals surface area contributed by atoms with E-state index in [1.54, 1.807) is 0 Å². The second kappa shape index (κ2) is 4.24. The quantitative estimate of drug-likeness (QED) is 0.880. The number of para-hydroxylation sites is 1. The van der Waals surface area contributed by atoms with Gasteiger partial charge in [0.15, 0.2) is 11.9 Å². The largest absolute Gasteiger partial charge is 0.482 e. The van der Waals surface area contributed by atoms with Crippen molar-refractivity contribution in [2.45, 2.75) is 19.4 Å². The van der Waals surface area contributed by atoms with Crippen molar-refractivity contribution in [1.82, 2.24) is 9.97 Å². The van der Waals surface area contributed by atoms with E-state index in [1.807, 2.05) is 25.1 Å². The summed E-state index contributed by atoms with van der Waals surface area (Å²) < 4.78 is 6.60. The van der Waals surface area contributed by atoms with E-state index in [2.05, 4.69) is 32.0 Å². The molecule has 0 bridgehead atoms. The Morgan fingerprint density at radius 1 is 1.33 bits per heavy atom. The summed E-state index contributed by atoms with van der Waals surface area (Å²) in [6.07, 6.45) is 0.646. The van der Waals surface area contributed by atoms with Crippen LogP contribution < -0.4 is 10.5 Å². The van der Waals surface area contributed by atoms with E-state index in [9.17, 15) is 0 Å². The number of hydrogen-bond donors (Lipinski definition) is 1. The molecule has 0 radical (unpaired) electrons. The predicted octanol–water partition coefficient (Wildman–Crippen LogP) is 2.81. The smallest absolute Gasteiger partial charge is 0.172 e. The molecule has 0 fully saturated rings. The third-order valence-corrected chi connectivity index (χ3v) is 3.97. The maximum atomic E-state index is 5.85. The number of hydrogen-bond acceptors (Lipinski definition) is 4. The molecule has 2 aromatic rings. The van der Waals surface area contributed by atoms with Gasteiger partial charge in [0.2, 0.25) is 0 Å². The Bertz CT molecular complexity index is 567. The highest BCUT2D eigenvalue weighted by Crippen LogP contribution is 2.35. The first-order chi connectivity index (χ1) is 8.65. The van der Waals surface area contributed by atoms with Crippen molar-refractivity contribution < 1.29 is 4.74 Å². The number of rotatable bonds is 1. The molecule has 1 aliphatic heterocycles. The maximum absolute atomic E-state index is 5.85. The fourth-order valence-electron chi connectivity index (χ4n) is 2.07. The zero-order valence-electron chi connectivity index (χ0n) is 9.85. The predicted molar refractivity (Wildman–Crippen MR) is 72.4 cm³/mol. The van der Waals surface area contributed by atoms with Crippen molar-refractivity contribution in [1.29, 1.82) is 0 Å². The van der Waals surface area contributed by atoms with Crippen molar-refractivity contribution >= 4 is 21.7 Å². The molecule has 0 amide bonds. The van der Waals surface area contributed by atoms with E-state index in [1.165, 1.54) is 5.56 Å². The third-order valence-electron chi connectivity index (χ3n) is 2.99. The second-order valence-electron chi connectivity index (χ2n) is 4.28. The topological polar surface area (TPSA) is 61.0 Å². The fourth-order valence-corrected chi connectivity index (χ4v) is 2.25. The number of nitrogen functional groups attached to an aromatic ring is 1. The minimum Gasteiger partial charge on any atom is -0.482 e. The van der Waals surface area contributed by atoms with Crippen LogP contribution in [0.1, 0.15) is 23.2 Å². The Balaban J connectivity index is 1.95. The number of fused-ring (bicyclic) bond motifs is 1. The van der Waals surface area contributed by atoms with Crippen LogP contribution in [0.3, 0.4) is 0 Å². The number of nitrogens with two attached hydrogens (primary N) is 1. The lowest BCUT2D eigenvalue weighted by Gasteiger charge is -2.11. The SMILES string of the molecule is Cc1nc(C2Cc3ccccc3O2)nc(N)c1Br. The third kappa shape index (κ3) is 1.84. The van der Waals surface area contributed by atoms with Crippen molar-refractivity contribution in [3.8, 4) is 5.75 Å². The lowest BCUT2D eigenvalue weighted by Crippen LogP contribution is -2.11. The number of halogens is 1. The zero-order valence-corrected chi connectivity index (χ0v) is 11.4. The first kappa shape index (κ1) is 11.5. The first-order valence-electron chi connectivity index (χ1n) is 5.69. The molecule has 1 aromatic carbocycles. The average molecular weight is 306 g/mol. The van der Waals surface area contributed by atoms with Crippen LogP contribution >= 0.6 is 15.9 Å². The lowest BCUT2D eigenvalue weighted by molar-refractivity contribution is 0.227. The Morgan fingerprint density at radius 2 is 2.11 bits per heavy atom. The van der Waals surface area contributed by atoms with Crippen LogP contribution in [0.5, 0.6) is 5.75 Å². The van der Waals surface area contributed by atoms with Gasteiger partial charge in [0, 0.05) is 6.42 Å². The number of anilines is 1. The Labute approximate surface area is 113 Å². The molecular formula is C13H12BrN3O. The van der Waals surface area contributed by atoms with E-state index < -0.39 is 0 Å². The number of aromatic nitrogens is 2. The van der Waals surface area contributed by atoms with Crippen molar-refractivity contribution in [3.05, 3.63) is 45.8 Å². The number of aryl methyl sites for hydroxylation is 1. The molecule has 1 aromatic heterocycles. The number of nitrogens with zero attached hydrogens (tertiary/aromatic N) is 2. The molecule has 92 valence electrons. The van der Waals surface area contributed by atoms with Gasteiger partial charge in [-0.3, -0.25) is 0 Å². The van der Waals surface area contributed by atoms with Gasteiger partial charge in [-0.1, -0.05) is 18.2 Å². The van der Waals surface area contributed by atoms with Gasteiger partial charge in [0.25, 0.3) is 0 Å². The zero-order chi connectivity index (χ0) is 12.7. The van der Waals surface area contributed by atoms with Gasteiger partial charge in [-0.05, 0) is 34.5 Å². The molecule has 0 saturated heterocycles. The van der Waals surface area contributed by atoms with E-state index in [0.717, 1.165) is 22.3 Å². The van der Waals surface area contributed by atoms with Crippen LogP contribution in [-0.4, -0.2) is 9.97 Å². The molecular weight excluding hydrogens is 294 g/mol. The highest BCUT2D eigenvalue weighted by molar-refractivity contribution is 9.10. The maximum Gasteiger partial charge on any atom is 0.172 e. The van der Waals surface area contributed by atoms with Crippen LogP contribution in [0.4, 0.5) is 5.82 Å². The molecule has 1 unspecified atom stereocenters. The first-order valence-corrected chi connectivity index (χ1v) is 6.48. The summed E-state index contributed by atoms with van der Waals surface area (Å²) in [5, 5.41) is 0. The standard InChI is InChI=1S/C13H12BrN3O/c1-7-11(14)12(15)17-13(16-7)10-6-8-4-2-3-5-9(8)18-10/h2-5,10H,6H2,1H3,(H2,15,16,17). The van der Waals surface area contributed by atoms with Gasteiger partial charge in [0.1, 0.15) is 11.6 Å². The van der Waals surface area contributed by atoms with Crippen LogP contribution in [0.2, 0.25) is 0 Å². The minimum absolute atomic E-state index is 0.142. The van der Waals surface area contributed by atoms with Gasteiger partial charge >= 0.3 is 0 Å². The normalized spacial score (nSPS) is 17.3. The molecule has 2 N–H and O–H groups in total. The molecule has 4 nitrogen and oxygen atoms in total. The summed E-state index contributed by atoms with van der Waals surface area (Å²) in [6, 6.07) is 7.99. The molecule has 0 aliphatic carbocycles. The van der Waals surface area contributed by atoms with E-state index in [-0.39, 0.29) is 6.10 Å². The summed E-state index contributed by atoms with van der Waals surface area (Å²) in [6.45, 7) is 1.90. The van der Waals surface area contributed by atoms with E-state index >= 15 is 0 Å². The second-order valence-corrected chi connectivity index (χ2v) is 5.08. The van der Waals surface area contributed by atoms with Gasteiger partial charge in [-0.2, -0.15) is 0 Å². The van der Waals surface area contributed by atoms with Gasteiger partial charge in [0.05, 0.1) is 10.2 Å². The van der Waals surface area contributed by atoms with Gasteiger partial charge in [-0.25, -0.2) is 9.97 Å². The molecule has 0 spiro atoms. The van der Waals surface area contributed by atoms with Crippen molar-refractivity contribution in [2.24, 2.45) is 0 Å². The van der Waals surface area contributed by atoms with Crippen LogP contribution in [-0.2, 0) is 6.42 Å². The minimum atomic E-state index is -0.142. The average Bonchev–Trinajstić information content (AvgIpc) is 2.79. The summed E-state index contributed by atoms with van der Waals surface area (Å²) >= 11 is 3.36. The summed E-state index contributed by atoms with van der Waals surface area (Å²) in [5.41, 5.74) is 7.86. The van der Waals surface area contributed by atoms with E-state index in [4.69, 9.17) is 10.5 Å². The van der Waals surface area contributed by atoms with Crippen LogP contribution in [0, 0.1) is 6.92 Å². The Hall–Kier alpha value is -1.62. The van der Waals surface area contributed by atoms with Crippen molar-refractivity contribution in [2.75, 3.05) is 5.73 Å². The van der Waals surface area contributed by atoms with E-state index in [0.29, 0.717) is 11.6 Å². The highest BCUT2D eigenvalue weighted by atomic mass is 79.9. The molecule has 2 heterocycles. The Morgan fingerprint density at radius 3 is 2.83 bits per heavy atom. The summed E-state index contributed by atoms with van der Waals surface area (Å²) in [4.78, 5) is 8.73. The lowest BCUT2D eigenvalue weighted by atomic mass is 10.1. The Kier molecular flexibility index (Phi) is 2.70. The number of ether oxygens (including phenoxy) is 1. The fraction of sp³-hybridized carbons (Fsp3) is 0.231. The summed E-state index contributed by atoms with van der Waals surface area (Å²) in [7, 11) is 0. The van der Waals surface area contributed by atoms with Gasteiger partial charge < -0.3 is 10.5 Å². The molecule has 0 saturated carbocycles. The van der Waals surface area contributed by atoms with Crippen LogP contribution in [0.15, 0.2) is 28.7 Å². The molecule has 5 heteroatoms. The molecule has 1 aliphatic rings. The molecule has 1 atom stereocenters. The van der Waals surface area contributed by atoms with Crippen molar-refractivity contribution in [3.63, 3.8) is 0 Å². The highest BCUT2D eigenvalue weighted by Gasteiger charge is 2.27. The monoisotopic (exact) mass is 305 g/mol. The van der Waals surface area contributed by atoms with Crippen LogP contribution in [0.25, 0.3) is 0 Å². The molecule has 18 heavy (non-hydrogen) atoms.